The van der Waals surface area contributed by atoms with Crippen molar-refractivity contribution in [3.8, 4) is 33.4 Å². The predicted molar refractivity (Wildman–Crippen MR) is 243 cm³/mol. The van der Waals surface area contributed by atoms with E-state index in [1.165, 1.54) is 93.0 Å². The molecule has 1 aliphatic heterocycles. The summed E-state index contributed by atoms with van der Waals surface area (Å²) in [5.74, 6) is 0. The van der Waals surface area contributed by atoms with E-state index in [2.05, 4.69) is 219 Å². The van der Waals surface area contributed by atoms with E-state index in [1.54, 1.807) is 0 Å². The summed E-state index contributed by atoms with van der Waals surface area (Å²) in [5, 5.41) is 2.53. The smallest absolute Gasteiger partial charge is 0.0736 e. The number of hydrogen-bond acceptors (Lipinski definition) is 2. The van der Waals surface area contributed by atoms with Crippen LogP contribution in [0, 0.1) is 0 Å². The zero-order valence-electron chi connectivity index (χ0n) is 32.4. The van der Waals surface area contributed by atoms with Gasteiger partial charge in [0.2, 0.25) is 0 Å². The number of benzene rings is 9. The molecule has 0 unspecified atom stereocenters. The number of anilines is 3. The minimum absolute atomic E-state index is 0.135. The molecule has 1 nitrogen and oxygen atoms in total. The van der Waals surface area contributed by atoms with Crippen LogP contribution >= 0.6 is 11.8 Å². The first-order chi connectivity index (χ1) is 28.5. The van der Waals surface area contributed by atoms with Crippen LogP contribution in [0.3, 0.4) is 0 Å². The normalized spacial score (nSPS) is 14.6. The van der Waals surface area contributed by atoms with Gasteiger partial charge in [-0.2, -0.15) is 0 Å². The predicted octanol–water partition coefficient (Wildman–Crippen LogP) is 15.1. The van der Waals surface area contributed by atoms with Crippen LogP contribution < -0.4 is 4.90 Å². The highest BCUT2D eigenvalue weighted by atomic mass is 32.2. The van der Waals surface area contributed by atoms with Crippen molar-refractivity contribution in [2.24, 2.45) is 0 Å². The van der Waals surface area contributed by atoms with Gasteiger partial charge in [-0.1, -0.05) is 183 Å². The van der Waals surface area contributed by atoms with Crippen LogP contribution in [0.5, 0.6) is 0 Å². The summed E-state index contributed by atoms with van der Waals surface area (Å²) < 4.78 is 0. The molecule has 1 heterocycles. The van der Waals surface area contributed by atoms with Crippen LogP contribution in [-0.2, 0) is 10.8 Å². The molecule has 0 bridgehead atoms. The van der Waals surface area contributed by atoms with E-state index in [9.17, 15) is 0 Å². The minimum Gasteiger partial charge on any atom is -0.310 e. The van der Waals surface area contributed by atoms with Gasteiger partial charge in [0.25, 0.3) is 0 Å². The van der Waals surface area contributed by atoms with Gasteiger partial charge >= 0.3 is 0 Å². The minimum atomic E-state index is -0.493. The van der Waals surface area contributed by atoms with Crippen LogP contribution in [0.4, 0.5) is 17.1 Å². The van der Waals surface area contributed by atoms with E-state index >= 15 is 0 Å². The van der Waals surface area contributed by atoms with E-state index in [-0.39, 0.29) is 5.41 Å². The van der Waals surface area contributed by atoms with Crippen molar-refractivity contribution in [2.75, 3.05) is 4.90 Å². The third-order valence-corrected chi connectivity index (χ3v) is 14.3. The second kappa shape index (κ2) is 12.4. The van der Waals surface area contributed by atoms with Gasteiger partial charge in [-0.05, 0) is 114 Å². The summed E-state index contributed by atoms with van der Waals surface area (Å²) in [6.07, 6.45) is 0. The van der Waals surface area contributed by atoms with Crippen molar-refractivity contribution in [1.82, 2.24) is 0 Å². The monoisotopic (exact) mass is 757 g/mol. The summed E-state index contributed by atoms with van der Waals surface area (Å²) in [5.41, 5.74) is 18.7. The van der Waals surface area contributed by atoms with Gasteiger partial charge in [-0.3, -0.25) is 0 Å². The van der Waals surface area contributed by atoms with Crippen molar-refractivity contribution in [3.63, 3.8) is 0 Å². The van der Waals surface area contributed by atoms with Gasteiger partial charge in [-0.15, -0.1) is 0 Å². The highest BCUT2D eigenvalue weighted by Gasteiger charge is 2.51. The average Bonchev–Trinajstić information content (AvgIpc) is 3.70. The topological polar surface area (TPSA) is 3.24 Å². The van der Waals surface area contributed by atoms with E-state index in [0.717, 1.165) is 11.4 Å². The molecule has 0 N–H and O–H groups in total. The Morgan fingerprint density at radius 1 is 0.397 bits per heavy atom. The van der Waals surface area contributed by atoms with Gasteiger partial charge in [-0.25, -0.2) is 0 Å². The lowest BCUT2D eigenvalue weighted by atomic mass is 9.67. The lowest BCUT2D eigenvalue weighted by Crippen LogP contribution is -2.32. The second-order valence-electron chi connectivity index (χ2n) is 16.4. The maximum Gasteiger partial charge on any atom is 0.0736 e. The van der Waals surface area contributed by atoms with E-state index in [4.69, 9.17) is 0 Å². The zero-order chi connectivity index (χ0) is 38.6. The maximum atomic E-state index is 2.53. The molecule has 274 valence electrons. The molecule has 12 rings (SSSR count). The van der Waals surface area contributed by atoms with E-state index in [0.29, 0.717) is 0 Å². The lowest BCUT2D eigenvalue weighted by Gasteiger charge is -2.40. The van der Waals surface area contributed by atoms with Crippen molar-refractivity contribution in [2.45, 2.75) is 34.5 Å². The molecule has 0 atom stereocenters. The van der Waals surface area contributed by atoms with Crippen molar-refractivity contribution < 1.29 is 0 Å². The highest BCUT2D eigenvalue weighted by Crippen LogP contribution is 2.65. The molecule has 58 heavy (non-hydrogen) atoms. The Labute approximate surface area is 344 Å². The molecule has 9 aromatic carbocycles. The first-order valence-corrected chi connectivity index (χ1v) is 21.1. The Hall–Kier alpha value is -6.61. The van der Waals surface area contributed by atoms with Gasteiger partial charge in [0.1, 0.15) is 0 Å². The quantitative estimate of drug-likeness (QED) is 0.176. The summed E-state index contributed by atoms with van der Waals surface area (Å²) in [7, 11) is 0. The van der Waals surface area contributed by atoms with Crippen LogP contribution in [0.15, 0.2) is 210 Å². The van der Waals surface area contributed by atoms with Crippen LogP contribution in [0.1, 0.15) is 47.2 Å². The summed E-state index contributed by atoms with van der Waals surface area (Å²) in [6, 6.07) is 75.0. The van der Waals surface area contributed by atoms with Crippen molar-refractivity contribution >= 4 is 39.6 Å². The molecule has 0 aromatic heterocycles. The fourth-order valence-corrected chi connectivity index (χ4v) is 11.8. The molecule has 0 saturated heterocycles. The van der Waals surface area contributed by atoms with Gasteiger partial charge in [0.15, 0.2) is 0 Å². The lowest BCUT2D eigenvalue weighted by molar-refractivity contribution is 0.660. The molecule has 2 heteroatoms. The van der Waals surface area contributed by atoms with Crippen LogP contribution in [0.2, 0.25) is 0 Å². The third-order valence-electron chi connectivity index (χ3n) is 13.1. The van der Waals surface area contributed by atoms with Gasteiger partial charge < -0.3 is 4.90 Å². The Bertz CT molecular complexity index is 3080. The average molecular weight is 758 g/mol. The number of nitrogens with zero attached hydrogens (tertiary/aromatic N) is 1. The molecule has 1 spiro atoms. The standard InChI is InChI=1S/C56H39NS/c1-55(2)44-20-9-8-19-42(44)43-33-32-40(35-49(43)55)57(39-30-27-37(28-31-39)36-15-4-3-5-16-36)50-24-14-23-47-54(50)53-41-18-7-6-17-38(41)29-34-48(53)56(47)45-21-10-12-25-51(45)58-52-26-13-11-22-46(52)56/h3-35H,1-2H3. The SMILES string of the molecule is CC1(C)c2ccccc2-c2ccc(N(c3ccc(-c4ccccc4)cc3)c3cccc4c3-c3c(ccc5ccccc35)C43c4ccccc4Sc4ccccc43)cc21. The number of hydrogen-bond donors (Lipinski definition) is 0. The first kappa shape index (κ1) is 33.5. The van der Waals surface area contributed by atoms with E-state index in [1.807, 2.05) is 11.8 Å². The fourth-order valence-electron chi connectivity index (χ4n) is 10.6. The van der Waals surface area contributed by atoms with E-state index < -0.39 is 5.41 Å². The molecular formula is C56H39NS. The number of fused-ring (bicyclic) bond motifs is 14. The molecule has 0 radical (unpaired) electrons. The molecule has 0 amide bonds. The molecule has 0 fully saturated rings. The van der Waals surface area contributed by atoms with Crippen LogP contribution in [-0.4, -0.2) is 0 Å². The van der Waals surface area contributed by atoms with Crippen LogP contribution in [0.25, 0.3) is 44.2 Å². The summed E-state index contributed by atoms with van der Waals surface area (Å²) in [6.45, 7) is 4.76. The van der Waals surface area contributed by atoms with Gasteiger partial charge in [0.05, 0.1) is 11.1 Å². The molecule has 2 aliphatic carbocycles. The Morgan fingerprint density at radius 2 is 0.983 bits per heavy atom. The fraction of sp³-hybridized carbons (Fsp3) is 0.0714. The zero-order valence-corrected chi connectivity index (χ0v) is 33.2. The Balaban J connectivity index is 1.18. The molecule has 9 aromatic rings. The Kier molecular flexibility index (Phi) is 7.19. The van der Waals surface area contributed by atoms with Crippen molar-refractivity contribution in [1.29, 1.82) is 0 Å². The molecular weight excluding hydrogens is 719 g/mol. The van der Waals surface area contributed by atoms with Gasteiger partial charge in [0, 0.05) is 32.1 Å². The molecule has 0 saturated carbocycles. The Morgan fingerprint density at radius 3 is 1.76 bits per heavy atom. The summed E-state index contributed by atoms with van der Waals surface area (Å²) in [4.78, 5) is 5.16. The molecule has 3 aliphatic rings. The number of rotatable bonds is 4. The second-order valence-corrected chi connectivity index (χ2v) is 17.5. The maximum absolute atomic E-state index is 2.53. The summed E-state index contributed by atoms with van der Waals surface area (Å²) >= 11 is 1.90. The first-order valence-electron chi connectivity index (χ1n) is 20.3. The highest BCUT2D eigenvalue weighted by molar-refractivity contribution is 7.99. The largest absolute Gasteiger partial charge is 0.310 e. The van der Waals surface area contributed by atoms with Crippen molar-refractivity contribution in [3.05, 3.63) is 234 Å². The third kappa shape index (κ3) is 4.55.